The fourth-order valence-corrected chi connectivity index (χ4v) is 3.96. The van der Waals surface area contributed by atoms with Crippen molar-refractivity contribution in [3.8, 4) is 11.3 Å². The van der Waals surface area contributed by atoms with Crippen LogP contribution in [0.3, 0.4) is 0 Å². The van der Waals surface area contributed by atoms with Crippen LogP contribution in [0.15, 0.2) is 53.4 Å². The van der Waals surface area contributed by atoms with Crippen molar-refractivity contribution in [1.82, 2.24) is 4.98 Å². The first-order chi connectivity index (χ1) is 12.7. The van der Waals surface area contributed by atoms with E-state index in [9.17, 15) is 13.2 Å². The quantitative estimate of drug-likeness (QED) is 0.656. The number of nitrogens with zero attached hydrogens (tertiary/aromatic N) is 1. The van der Waals surface area contributed by atoms with E-state index in [4.69, 9.17) is 16.7 Å². The SMILES string of the molecule is Cc1sc(NC(=O)Cc2ccc(S(N)(=O)=O)cc2)nc1-c1ccc(Cl)cc1. The highest BCUT2D eigenvalue weighted by Crippen LogP contribution is 2.31. The van der Waals surface area contributed by atoms with E-state index in [1.165, 1.54) is 23.5 Å². The molecule has 140 valence electrons. The summed E-state index contributed by atoms with van der Waals surface area (Å²) < 4.78 is 22.5. The number of anilines is 1. The Morgan fingerprint density at radius 1 is 1.15 bits per heavy atom. The number of hydrogen-bond donors (Lipinski definition) is 2. The second-order valence-corrected chi connectivity index (χ2v) is 9.05. The maximum Gasteiger partial charge on any atom is 0.238 e. The molecule has 9 heteroatoms. The highest BCUT2D eigenvalue weighted by atomic mass is 35.5. The predicted molar refractivity (Wildman–Crippen MR) is 107 cm³/mol. The van der Waals surface area contributed by atoms with Gasteiger partial charge in [0, 0.05) is 15.5 Å². The molecule has 0 aliphatic heterocycles. The van der Waals surface area contributed by atoms with Crippen LogP contribution in [0.25, 0.3) is 11.3 Å². The zero-order chi connectivity index (χ0) is 19.6. The third-order valence-electron chi connectivity index (χ3n) is 3.78. The van der Waals surface area contributed by atoms with Crippen molar-refractivity contribution in [1.29, 1.82) is 0 Å². The maximum absolute atomic E-state index is 12.3. The van der Waals surface area contributed by atoms with Crippen molar-refractivity contribution in [2.24, 2.45) is 5.14 Å². The van der Waals surface area contributed by atoms with Crippen LogP contribution in [-0.2, 0) is 21.2 Å². The van der Waals surface area contributed by atoms with Gasteiger partial charge in [-0.25, -0.2) is 18.5 Å². The Kier molecular flexibility index (Phi) is 5.61. The second kappa shape index (κ2) is 7.77. The smallest absolute Gasteiger partial charge is 0.238 e. The molecule has 0 aliphatic rings. The number of carbonyl (C=O) groups excluding carboxylic acids is 1. The van der Waals surface area contributed by atoms with E-state index in [0.29, 0.717) is 15.7 Å². The first-order valence-electron chi connectivity index (χ1n) is 7.87. The molecule has 0 bridgehead atoms. The number of aryl methyl sites for hydroxylation is 1. The number of nitrogens with two attached hydrogens (primary N) is 1. The van der Waals surface area contributed by atoms with Crippen LogP contribution in [0.5, 0.6) is 0 Å². The zero-order valence-corrected chi connectivity index (χ0v) is 16.7. The van der Waals surface area contributed by atoms with Gasteiger partial charge in [-0.05, 0) is 36.8 Å². The van der Waals surface area contributed by atoms with E-state index < -0.39 is 10.0 Å². The van der Waals surface area contributed by atoms with Gasteiger partial charge in [0.25, 0.3) is 0 Å². The number of primary sulfonamides is 1. The average molecular weight is 422 g/mol. The molecule has 1 heterocycles. The van der Waals surface area contributed by atoms with Crippen LogP contribution in [0.1, 0.15) is 10.4 Å². The minimum Gasteiger partial charge on any atom is -0.302 e. The lowest BCUT2D eigenvalue weighted by molar-refractivity contribution is -0.115. The Labute approximate surface area is 166 Å². The van der Waals surface area contributed by atoms with Crippen molar-refractivity contribution < 1.29 is 13.2 Å². The number of carbonyl (C=O) groups is 1. The fraction of sp³-hybridized carbons (Fsp3) is 0.111. The molecule has 0 atom stereocenters. The van der Waals surface area contributed by atoms with Crippen LogP contribution in [0.2, 0.25) is 5.02 Å². The van der Waals surface area contributed by atoms with Gasteiger partial charge in [-0.15, -0.1) is 11.3 Å². The first-order valence-corrected chi connectivity index (χ1v) is 10.6. The molecule has 3 N–H and O–H groups in total. The molecule has 1 amide bonds. The van der Waals surface area contributed by atoms with Crippen LogP contribution in [-0.4, -0.2) is 19.3 Å². The zero-order valence-electron chi connectivity index (χ0n) is 14.3. The number of amides is 1. The Balaban J connectivity index is 1.69. The molecule has 0 fully saturated rings. The molecule has 0 saturated carbocycles. The van der Waals surface area contributed by atoms with E-state index >= 15 is 0 Å². The van der Waals surface area contributed by atoms with Crippen molar-refractivity contribution in [2.75, 3.05) is 5.32 Å². The Hall–Kier alpha value is -2.26. The molecular weight excluding hydrogens is 406 g/mol. The van der Waals surface area contributed by atoms with E-state index in [1.807, 2.05) is 19.1 Å². The third kappa shape index (κ3) is 4.92. The molecular formula is C18H16ClN3O3S2. The van der Waals surface area contributed by atoms with Gasteiger partial charge in [-0.2, -0.15) is 0 Å². The molecule has 3 rings (SSSR count). The van der Waals surface area contributed by atoms with Gasteiger partial charge in [0.05, 0.1) is 17.0 Å². The monoisotopic (exact) mass is 421 g/mol. The highest BCUT2D eigenvalue weighted by Gasteiger charge is 2.13. The van der Waals surface area contributed by atoms with E-state index in [0.717, 1.165) is 16.1 Å². The van der Waals surface area contributed by atoms with Crippen molar-refractivity contribution in [2.45, 2.75) is 18.2 Å². The van der Waals surface area contributed by atoms with Crippen LogP contribution in [0, 0.1) is 6.92 Å². The van der Waals surface area contributed by atoms with Gasteiger partial charge in [0.1, 0.15) is 0 Å². The topological polar surface area (TPSA) is 102 Å². The summed E-state index contributed by atoms with van der Waals surface area (Å²) in [5.74, 6) is -0.241. The fourth-order valence-electron chi connectivity index (χ4n) is 2.47. The lowest BCUT2D eigenvalue weighted by atomic mass is 10.1. The minimum atomic E-state index is -3.74. The predicted octanol–water partition coefficient (Wildman–Crippen LogP) is 3.60. The van der Waals surface area contributed by atoms with Crippen LogP contribution >= 0.6 is 22.9 Å². The molecule has 0 aliphatic carbocycles. The average Bonchev–Trinajstić information content (AvgIpc) is 2.95. The maximum atomic E-state index is 12.3. The van der Waals surface area contributed by atoms with Gasteiger partial charge in [0.15, 0.2) is 5.13 Å². The lowest BCUT2D eigenvalue weighted by Crippen LogP contribution is -2.15. The third-order valence-corrected chi connectivity index (χ3v) is 5.84. The number of sulfonamides is 1. The van der Waals surface area contributed by atoms with E-state index in [2.05, 4.69) is 10.3 Å². The molecule has 0 radical (unpaired) electrons. The first kappa shape index (κ1) is 19.5. The Morgan fingerprint density at radius 2 is 1.78 bits per heavy atom. The number of halogens is 1. The Bertz CT molecular complexity index is 1080. The van der Waals surface area contributed by atoms with Gasteiger partial charge in [0.2, 0.25) is 15.9 Å². The molecule has 2 aromatic carbocycles. The molecule has 6 nitrogen and oxygen atoms in total. The van der Waals surface area contributed by atoms with E-state index in [-0.39, 0.29) is 17.2 Å². The summed E-state index contributed by atoms with van der Waals surface area (Å²) in [6.07, 6.45) is 0.0970. The largest absolute Gasteiger partial charge is 0.302 e. The van der Waals surface area contributed by atoms with Crippen LogP contribution in [0.4, 0.5) is 5.13 Å². The van der Waals surface area contributed by atoms with Crippen molar-refractivity contribution in [3.05, 3.63) is 64.0 Å². The standard InChI is InChI=1S/C18H16ClN3O3S2/c1-11-17(13-4-6-14(19)7-5-13)22-18(26-11)21-16(23)10-12-2-8-15(9-3-12)27(20,24)25/h2-9H,10H2,1H3,(H2,20,24,25)(H,21,22,23). The van der Waals surface area contributed by atoms with E-state index in [1.54, 1.807) is 24.3 Å². The van der Waals surface area contributed by atoms with Gasteiger partial charge >= 0.3 is 0 Å². The van der Waals surface area contributed by atoms with Gasteiger partial charge < -0.3 is 5.32 Å². The van der Waals surface area contributed by atoms with Crippen molar-refractivity contribution >= 4 is 44.0 Å². The molecule has 0 spiro atoms. The number of thiazole rings is 1. The summed E-state index contributed by atoms with van der Waals surface area (Å²) in [5.41, 5.74) is 2.39. The molecule has 1 aromatic heterocycles. The molecule has 0 saturated heterocycles. The van der Waals surface area contributed by atoms with Crippen molar-refractivity contribution in [3.63, 3.8) is 0 Å². The number of rotatable bonds is 5. The summed E-state index contributed by atoms with van der Waals surface area (Å²) in [6.45, 7) is 1.93. The lowest BCUT2D eigenvalue weighted by Gasteiger charge is -2.03. The molecule has 3 aromatic rings. The second-order valence-electron chi connectivity index (χ2n) is 5.84. The number of nitrogens with one attached hydrogen (secondary N) is 1. The number of hydrogen-bond acceptors (Lipinski definition) is 5. The summed E-state index contributed by atoms with van der Waals surface area (Å²) in [7, 11) is -3.74. The molecule has 27 heavy (non-hydrogen) atoms. The van der Waals surface area contributed by atoms with Gasteiger partial charge in [-0.3, -0.25) is 4.79 Å². The summed E-state index contributed by atoms with van der Waals surface area (Å²) in [5, 5.41) is 8.99. The minimum absolute atomic E-state index is 0.00909. The summed E-state index contributed by atoms with van der Waals surface area (Å²) in [6, 6.07) is 13.2. The number of aromatic nitrogens is 1. The highest BCUT2D eigenvalue weighted by molar-refractivity contribution is 7.89. The summed E-state index contributed by atoms with van der Waals surface area (Å²) >= 11 is 7.30. The molecule has 0 unspecified atom stereocenters. The van der Waals surface area contributed by atoms with Crippen LogP contribution < -0.4 is 10.5 Å². The number of benzene rings is 2. The summed E-state index contributed by atoms with van der Waals surface area (Å²) in [4.78, 5) is 17.7. The Morgan fingerprint density at radius 3 is 2.37 bits per heavy atom. The normalized spacial score (nSPS) is 11.4. The van der Waals surface area contributed by atoms with Gasteiger partial charge in [-0.1, -0.05) is 35.9 Å².